The van der Waals surface area contributed by atoms with E-state index in [4.69, 9.17) is 9.73 Å². The molecule has 2 aromatic carbocycles. The van der Waals surface area contributed by atoms with Crippen molar-refractivity contribution in [1.29, 1.82) is 0 Å². The molecule has 0 spiro atoms. The number of aliphatic imine (C=N–C) groups is 1. The summed E-state index contributed by atoms with van der Waals surface area (Å²) < 4.78 is 49.6. The zero-order chi connectivity index (χ0) is 33.7. The van der Waals surface area contributed by atoms with Crippen molar-refractivity contribution >= 4 is 40.1 Å². The number of nitrogens with one attached hydrogen (secondary N) is 2. The maximum absolute atomic E-state index is 16.2. The minimum absolute atomic E-state index is 0.0174. The molecule has 1 saturated heterocycles. The minimum Gasteiger partial charge on any atom is -0.410 e. The molecule has 1 aliphatic rings. The Labute approximate surface area is 270 Å². The van der Waals surface area contributed by atoms with Crippen LogP contribution in [-0.2, 0) is 15.6 Å². The smallest absolute Gasteiger partial charge is 0.410 e. The van der Waals surface area contributed by atoms with Crippen molar-refractivity contribution in [3.8, 4) is 17.0 Å². The summed E-state index contributed by atoms with van der Waals surface area (Å²) in [4.78, 5) is 38.1. The Balaban J connectivity index is 1.99. The van der Waals surface area contributed by atoms with Gasteiger partial charge in [0.2, 0.25) is 5.91 Å². The van der Waals surface area contributed by atoms with Crippen molar-refractivity contribution in [3.05, 3.63) is 77.9 Å². The molecule has 244 valence electrons. The standard InChI is InChI=1S/C33H38F2N6O4S/c1-8-27(42)40-15-16-41(20(4)18-40)32(39-29-21(19(2)3)11-9-14-26(29)46(7)44)22-17-24(35)30(38-31(22)36-5)28-23(34)12-10-13-25(28)45-33(43)37-6/h8-14,17,19-20H,1,15-16,18H2,2-7H3,(H,36,38)(H,37,43). The van der Waals surface area contributed by atoms with Crippen LogP contribution in [0.1, 0.15) is 37.8 Å². The van der Waals surface area contributed by atoms with Gasteiger partial charge >= 0.3 is 6.09 Å². The van der Waals surface area contributed by atoms with Gasteiger partial charge < -0.3 is 25.2 Å². The normalized spacial score (nSPS) is 15.8. The van der Waals surface area contributed by atoms with Gasteiger partial charge in [-0.25, -0.2) is 23.6 Å². The van der Waals surface area contributed by atoms with E-state index in [2.05, 4.69) is 22.2 Å². The summed E-state index contributed by atoms with van der Waals surface area (Å²) in [5.41, 5.74) is 0.889. The summed E-state index contributed by atoms with van der Waals surface area (Å²) in [7, 11) is 1.54. The molecule has 2 N–H and O–H groups in total. The number of hydrogen-bond acceptors (Lipinski definition) is 7. The highest BCUT2D eigenvalue weighted by molar-refractivity contribution is 7.84. The highest BCUT2D eigenvalue weighted by atomic mass is 32.2. The second-order valence-corrected chi connectivity index (χ2v) is 12.3. The van der Waals surface area contributed by atoms with Gasteiger partial charge in [-0.3, -0.25) is 9.00 Å². The second kappa shape index (κ2) is 14.6. The maximum Gasteiger partial charge on any atom is 0.412 e. The molecule has 4 rings (SSSR count). The summed E-state index contributed by atoms with van der Waals surface area (Å²) in [6, 6.07) is 10.2. The number of amidine groups is 1. The summed E-state index contributed by atoms with van der Waals surface area (Å²) >= 11 is 0. The molecule has 0 saturated carbocycles. The molecule has 10 nitrogen and oxygen atoms in total. The van der Waals surface area contributed by atoms with Gasteiger partial charge in [-0.2, -0.15) is 0 Å². The minimum atomic E-state index is -1.40. The van der Waals surface area contributed by atoms with Crippen LogP contribution in [0.2, 0.25) is 0 Å². The third-order valence-electron chi connectivity index (χ3n) is 7.64. The lowest BCUT2D eigenvalue weighted by Gasteiger charge is -2.41. The molecule has 2 heterocycles. The van der Waals surface area contributed by atoms with Gasteiger partial charge in [-0.1, -0.05) is 38.6 Å². The molecule has 1 aromatic heterocycles. The van der Waals surface area contributed by atoms with Gasteiger partial charge in [0.05, 0.1) is 32.5 Å². The van der Waals surface area contributed by atoms with E-state index in [9.17, 15) is 13.8 Å². The number of hydrogen-bond donors (Lipinski definition) is 2. The number of amides is 2. The SMILES string of the molecule is C=CC(=O)N1CCN(C(=Nc2c(C(C)C)cccc2S(C)=O)c2cc(F)c(-c3c(F)cccc3OC(=O)NC)nc2NC)C(C)C1. The van der Waals surface area contributed by atoms with Crippen molar-refractivity contribution in [2.75, 3.05) is 45.3 Å². The van der Waals surface area contributed by atoms with Crippen LogP contribution in [0.4, 0.5) is 25.1 Å². The highest BCUT2D eigenvalue weighted by Gasteiger charge is 2.32. The average molecular weight is 653 g/mol. The Bertz CT molecular complexity index is 1710. The Kier molecular flexibility index (Phi) is 10.9. The van der Waals surface area contributed by atoms with Crippen LogP contribution < -0.4 is 15.4 Å². The van der Waals surface area contributed by atoms with E-state index in [1.807, 2.05) is 37.8 Å². The van der Waals surface area contributed by atoms with Gasteiger partial charge in [-0.05, 0) is 48.7 Å². The van der Waals surface area contributed by atoms with Crippen molar-refractivity contribution in [2.24, 2.45) is 4.99 Å². The number of ether oxygens (including phenoxy) is 1. The number of aromatic nitrogens is 1. The zero-order valence-electron chi connectivity index (χ0n) is 26.7. The molecule has 3 aromatic rings. The van der Waals surface area contributed by atoms with Crippen LogP contribution in [0, 0.1) is 11.6 Å². The van der Waals surface area contributed by atoms with E-state index in [-0.39, 0.29) is 46.3 Å². The highest BCUT2D eigenvalue weighted by Crippen LogP contribution is 2.37. The number of halogens is 2. The predicted molar refractivity (Wildman–Crippen MR) is 176 cm³/mol. The third-order valence-corrected chi connectivity index (χ3v) is 8.59. The van der Waals surface area contributed by atoms with Gasteiger partial charge in [0.15, 0.2) is 5.82 Å². The molecule has 2 atom stereocenters. The molecule has 0 bridgehead atoms. The molecule has 46 heavy (non-hydrogen) atoms. The van der Waals surface area contributed by atoms with E-state index in [0.29, 0.717) is 36.1 Å². The number of carbonyl (C=O) groups excluding carboxylic acids is 2. The zero-order valence-corrected chi connectivity index (χ0v) is 27.5. The molecular weight excluding hydrogens is 614 g/mol. The Morgan fingerprint density at radius 2 is 1.87 bits per heavy atom. The number of anilines is 1. The quantitative estimate of drug-likeness (QED) is 0.189. The predicted octanol–water partition coefficient (Wildman–Crippen LogP) is 5.44. The summed E-state index contributed by atoms with van der Waals surface area (Å²) in [6.45, 7) is 10.6. The van der Waals surface area contributed by atoms with Gasteiger partial charge in [0.25, 0.3) is 0 Å². The lowest BCUT2D eigenvalue weighted by molar-refractivity contribution is -0.128. The molecule has 13 heteroatoms. The first-order valence-corrected chi connectivity index (χ1v) is 16.3. The molecule has 0 radical (unpaired) electrons. The first kappa shape index (κ1) is 34.2. The van der Waals surface area contributed by atoms with Crippen molar-refractivity contribution < 1.29 is 27.3 Å². The number of benzene rings is 2. The molecule has 2 amide bonds. The summed E-state index contributed by atoms with van der Waals surface area (Å²) in [5.74, 6) is -1.63. The molecular formula is C33H38F2N6O4S. The van der Waals surface area contributed by atoms with E-state index in [1.165, 1.54) is 31.3 Å². The van der Waals surface area contributed by atoms with Crippen LogP contribution in [0.3, 0.4) is 0 Å². The number of rotatable bonds is 8. The largest absolute Gasteiger partial charge is 0.412 e. The second-order valence-electron chi connectivity index (χ2n) is 11.0. The maximum atomic E-state index is 16.2. The molecule has 2 unspecified atom stereocenters. The van der Waals surface area contributed by atoms with Gasteiger partial charge in [0.1, 0.15) is 28.9 Å². The van der Waals surface area contributed by atoms with E-state index in [0.717, 1.165) is 11.6 Å². The summed E-state index contributed by atoms with van der Waals surface area (Å²) in [5, 5.41) is 5.28. The number of para-hydroxylation sites is 1. The van der Waals surface area contributed by atoms with Crippen LogP contribution in [0.15, 0.2) is 65.0 Å². The van der Waals surface area contributed by atoms with E-state index < -0.39 is 28.5 Å². The Hall–Kier alpha value is -4.65. The first-order chi connectivity index (χ1) is 21.9. The van der Waals surface area contributed by atoms with Crippen LogP contribution in [-0.4, -0.2) is 82.9 Å². The molecule has 0 aliphatic carbocycles. The average Bonchev–Trinajstić information content (AvgIpc) is 3.03. The van der Waals surface area contributed by atoms with Crippen molar-refractivity contribution in [1.82, 2.24) is 20.1 Å². The van der Waals surface area contributed by atoms with E-state index >= 15 is 8.78 Å². The van der Waals surface area contributed by atoms with Gasteiger partial charge in [-0.15, -0.1) is 0 Å². The van der Waals surface area contributed by atoms with Crippen LogP contribution >= 0.6 is 0 Å². The fourth-order valence-corrected chi connectivity index (χ4v) is 6.04. The summed E-state index contributed by atoms with van der Waals surface area (Å²) in [6.07, 6.45) is 1.98. The Morgan fingerprint density at radius 1 is 1.15 bits per heavy atom. The lowest BCUT2D eigenvalue weighted by atomic mass is 10.0. The Morgan fingerprint density at radius 3 is 2.48 bits per heavy atom. The van der Waals surface area contributed by atoms with Gasteiger partial charge in [0, 0.05) is 46.0 Å². The van der Waals surface area contributed by atoms with Crippen molar-refractivity contribution in [2.45, 2.75) is 37.6 Å². The number of pyridine rings is 1. The molecule has 1 aliphatic heterocycles. The third kappa shape index (κ3) is 7.09. The lowest BCUT2D eigenvalue weighted by Crippen LogP contribution is -2.55. The van der Waals surface area contributed by atoms with E-state index in [1.54, 1.807) is 24.3 Å². The fraction of sp³-hybridized carbons (Fsp3) is 0.333. The number of carbonyl (C=O) groups is 2. The number of nitrogens with zero attached hydrogens (tertiary/aromatic N) is 4. The number of piperazine rings is 1. The molecule has 1 fully saturated rings. The van der Waals surface area contributed by atoms with Crippen molar-refractivity contribution in [3.63, 3.8) is 0 Å². The first-order valence-electron chi connectivity index (χ1n) is 14.7. The topological polar surface area (TPSA) is 116 Å². The van der Waals surface area contributed by atoms with Crippen LogP contribution in [0.5, 0.6) is 5.75 Å². The van der Waals surface area contributed by atoms with Crippen LogP contribution in [0.25, 0.3) is 11.3 Å². The fourth-order valence-electron chi connectivity index (χ4n) is 5.34. The monoisotopic (exact) mass is 652 g/mol.